The Morgan fingerprint density at radius 3 is 2.80 bits per heavy atom. The molecule has 0 saturated heterocycles. The Labute approximate surface area is 125 Å². The van der Waals surface area contributed by atoms with Crippen molar-refractivity contribution in [2.45, 2.75) is 13.0 Å². The minimum Gasteiger partial charge on any atom is -0.383 e. The maximum absolute atomic E-state index is 5.91. The zero-order valence-corrected chi connectivity index (χ0v) is 12.8. The van der Waals surface area contributed by atoms with Crippen LogP contribution in [0.15, 0.2) is 35.2 Å². The summed E-state index contributed by atoms with van der Waals surface area (Å²) < 4.78 is 2.18. The average molecular weight is 338 g/mol. The molecule has 0 aliphatic carbocycles. The molecule has 0 fully saturated rings. The molecule has 0 amide bonds. The maximum atomic E-state index is 5.91. The molecular weight excluding hydrogens is 322 g/mol. The topological polar surface area (TPSA) is 98.9 Å². The van der Waals surface area contributed by atoms with Gasteiger partial charge in [0.2, 0.25) is 0 Å². The molecule has 0 radical (unpaired) electrons. The van der Waals surface area contributed by atoms with Crippen molar-refractivity contribution >= 4 is 27.6 Å². The van der Waals surface area contributed by atoms with Gasteiger partial charge in [0.1, 0.15) is 10.3 Å². The van der Waals surface area contributed by atoms with E-state index in [9.17, 15) is 0 Å². The van der Waals surface area contributed by atoms with E-state index in [1.54, 1.807) is 23.1 Å². The third-order valence-corrected chi connectivity index (χ3v) is 3.27. The van der Waals surface area contributed by atoms with Gasteiger partial charge in [0.25, 0.3) is 5.95 Å². The highest BCUT2D eigenvalue weighted by molar-refractivity contribution is 9.10. The molecule has 0 bridgehead atoms. The molecule has 0 aliphatic heterocycles. The van der Waals surface area contributed by atoms with Gasteiger partial charge in [-0.2, -0.15) is 15.1 Å². The average Bonchev–Trinajstić information content (AvgIpc) is 2.93. The Bertz CT molecular complexity index is 607. The summed E-state index contributed by atoms with van der Waals surface area (Å²) in [7, 11) is 1.86. The van der Waals surface area contributed by atoms with Crippen molar-refractivity contribution in [3.63, 3.8) is 0 Å². The van der Waals surface area contributed by atoms with Gasteiger partial charge in [-0.3, -0.25) is 0 Å². The van der Waals surface area contributed by atoms with Crippen LogP contribution in [0.3, 0.4) is 0 Å². The van der Waals surface area contributed by atoms with Crippen LogP contribution < -0.4 is 16.4 Å². The van der Waals surface area contributed by atoms with E-state index in [1.807, 2.05) is 31.1 Å². The summed E-state index contributed by atoms with van der Waals surface area (Å²) in [6.07, 6.45) is 7.10. The van der Waals surface area contributed by atoms with Gasteiger partial charge in [0.05, 0.1) is 0 Å². The second kappa shape index (κ2) is 6.02. The molecule has 1 unspecified atom stereocenters. The Morgan fingerprint density at radius 1 is 1.45 bits per heavy atom. The second-order valence-electron chi connectivity index (χ2n) is 4.31. The van der Waals surface area contributed by atoms with Gasteiger partial charge < -0.3 is 16.4 Å². The number of nitrogens with two attached hydrogens (primary N) is 2. The van der Waals surface area contributed by atoms with Crippen LogP contribution in [0.25, 0.3) is 5.95 Å². The lowest BCUT2D eigenvalue weighted by atomic mass is 10.3. The smallest absolute Gasteiger partial charge is 0.254 e. The third-order valence-electron chi connectivity index (χ3n) is 2.50. The molecule has 2 aromatic rings. The number of aromatic nitrogens is 4. The second-order valence-corrected chi connectivity index (χ2v) is 5.10. The normalized spacial score (nSPS) is 12.8. The van der Waals surface area contributed by atoms with Crippen LogP contribution in [-0.2, 0) is 0 Å². The Kier molecular flexibility index (Phi) is 4.35. The van der Waals surface area contributed by atoms with Crippen LogP contribution in [0.2, 0.25) is 0 Å². The zero-order valence-electron chi connectivity index (χ0n) is 11.2. The van der Waals surface area contributed by atoms with Crippen molar-refractivity contribution < 1.29 is 0 Å². The molecule has 0 aromatic carbocycles. The van der Waals surface area contributed by atoms with Gasteiger partial charge in [-0.05, 0) is 28.9 Å². The van der Waals surface area contributed by atoms with Crippen LogP contribution in [-0.4, -0.2) is 32.8 Å². The first-order valence-corrected chi connectivity index (χ1v) is 6.78. The van der Waals surface area contributed by atoms with Gasteiger partial charge in [-0.1, -0.05) is 6.08 Å². The first kappa shape index (κ1) is 14.5. The number of hydrogen-bond acceptors (Lipinski definition) is 6. The summed E-state index contributed by atoms with van der Waals surface area (Å²) in [5.41, 5.74) is 11.6. The van der Waals surface area contributed by atoms with Crippen molar-refractivity contribution in [2.24, 2.45) is 5.73 Å². The largest absolute Gasteiger partial charge is 0.383 e. The molecule has 2 heterocycles. The number of rotatable bonds is 4. The van der Waals surface area contributed by atoms with Gasteiger partial charge in [0, 0.05) is 31.7 Å². The van der Waals surface area contributed by atoms with Crippen molar-refractivity contribution in [3.05, 3.63) is 35.2 Å². The van der Waals surface area contributed by atoms with Gasteiger partial charge >= 0.3 is 0 Å². The minimum atomic E-state index is -0.0407. The quantitative estimate of drug-likeness (QED) is 0.872. The highest BCUT2D eigenvalue weighted by atomic mass is 79.9. The predicted octanol–water partition coefficient (Wildman–Crippen LogP) is 1.30. The molecule has 4 N–H and O–H groups in total. The van der Waals surface area contributed by atoms with E-state index in [0.717, 1.165) is 0 Å². The van der Waals surface area contributed by atoms with Crippen LogP contribution in [0, 0.1) is 0 Å². The highest BCUT2D eigenvalue weighted by Crippen LogP contribution is 2.28. The van der Waals surface area contributed by atoms with Crippen LogP contribution >= 0.6 is 15.9 Å². The minimum absolute atomic E-state index is 0.0407. The van der Waals surface area contributed by atoms with Crippen LogP contribution in [0.1, 0.15) is 6.92 Å². The molecule has 8 heteroatoms. The van der Waals surface area contributed by atoms with Crippen LogP contribution in [0.4, 0.5) is 11.6 Å². The van der Waals surface area contributed by atoms with Gasteiger partial charge in [-0.15, -0.1) is 0 Å². The Morgan fingerprint density at radius 2 is 2.20 bits per heavy atom. The van der Waals surface area contributed by atoms with Crippen molar-refractivity contribution in [2.75, 3.05) is 17.7 Å². The van der Waals surface area contributed by atoms with Crippen molar-refractivity contribution in [3.8, 4) is 5.95 Å². The van der Waals surface area contributed by atoms with E-state index in [4.69, 9.17) is 11.5 Å². The van der Waals surface area contributed by atoms with Crippen molar-refractivity contribution in [1.29, 1.82) is 0 Å². The highest BCUT2D eigenvalue weighted by Gasteiger charge is 2.14. The van der Waals surface area contributed by atoms with E-state index in [0.29, 0.717) is 22.1 Å². The molecule has 7 nitrogen and oxygen atoms in total. The molecule has 1 atom stereocenters. The van der Waals surface area contributed by atoms with E-state index < -0.39 is 0 Å². The fourth-order valence-electron chi connectivity index (χ4n) is 1.50. The molecule has 106 valence electrons. The van der Waals surface area contributed by atoms with Crippen LogP contribution in [0.5, 0.6) is 0 Å². The van der Waals surface area contributed by atoms with Crippen molar-refractivity contribution in [1.82, 2.24) is 19.7 Å². The summed E-state index contributed by atoms with van der Waals surface area (Å²) in [5, 5.41) is 4.10. The zero-order chi connectivity index (χ0) is 14.7. The summed E-state index contributed by atoms with van der Waals surface area (Å²) in [5.74, 6) is 1.40. The molecule has 0 saturated carbocycles. The molecule has 0 spiro atoms. The molecule has 2 aromatic heterocycles. The van der Waals surface area contributed by atoms with Gasteiger partial charge in [0.15, 0.2) is 5.82 Å². The number of hydrogen-bond donors (Lipinski definition) is 2. The third kappa shape index (κ3) is 3.14. The van der Waals surface area contributed by atoms with Gasteiger partial charge in [-0.25, -0.2) is 4.68 Å². The number of halogens is 1. The molecule has 0 aliphatic rings. The fourth-order valence-corrected chi connectivity index (χ4v) is 1.96. The summed E-state index contributed by atoms with van der Waals surface area (Å²) in [6, 6.07) is 1.75. The number of nitrogen functional groups attached to an aromatic ring is 1. The molecule has 20 heavy (non-hydrogen) atoms. The van der Waals surface area contributed by atoms with E-state index in [2.05, 4.69) is 31.0 Å². The predicted molar refractivity (Wildman–Crippen MR) is 82.5 cm³/mol. The Balaban J connectivity index is 2.42. The Hall–Kier alpha value is -1.93. The van der Waals surface area contributed by atoms with E-state index in [-0.39, 0.29) is 6.04 Å². The summed E-state index contributed by atoms with van der Waals surface area (Å²) in [4.78, 5) is 10.5. The summed E-state index contributed by atoms with van der Waals surface area (Å²) >= 11 is 3.40. The maximum Gasteiger partial charge on any atom is 0.254 e. The first-order valence-electron chi connectivity index (χ1n) is 5.99. The van der Waals surface area contributed by atoms with E-state index >= 15 is 0 Å². The summed E-state index contributed by atoms with van der Waals surface area (Å²) in [6.45, 7) is 1.89. The lowest BCUT2D eigenvalue weighted by Gasteiger charge is -2.17. The van der Waals surface area contributed by atoms with E-state index in [1.165, 1.54) is 0 Å². The molecular formula is C12H16BrN7. The number of anilines is 2. The fraction of sp³-hybridized carbons (Fsp3) is 0.250. The molecule has 2 rings (SSSR count). The SMILES string of the molecule is CC(N)/C=C\N(C)c1nc(-n2cccn2)nc(N)c1Br. The lowest BCUT2D eigenvalue weighted by molar-refractivity contribution is 0.806. The number of nitrogens with zero attached hydrogens (tertiary/aromatic N) is 5. The lowest BCUT2D eigenvalue weighted by Crippen LogP contribution is -2.17. The monoisotopic (exact) mass is 337 g/mol. The standard InChI is InChI=1S/C12H16BrN7/c1-8(14)4-7-19(2)11-9(13)10(15)17-12(18-11)20-6-3-5-16-20/h3-8H,14H2,1-2H3,(H2,15,17,18)/b7-4-. The first-order chi connectivity index (χ1) is 9.49.